The Balaban J connectivity index is 1.56. The molecule has 4 rings (SSSR count). The Morgan fingerprint density at radius 1 is 1.39 bits per heavy atom. The van der Waals surface area contributed by atoms with Gasteiger partial charge in [-0.25, -0.2) is 4.99 Å². The zero-order valence-electron chi connectivity index (χ0n) is 12.5. The van der Waals surface area contributed by atoms with Crippen molar-refractivity contribution in [2.45, 2.75) is 25.7 Å². The summed E-state index contributed by atoms with van der Waals surface area (Å²) in [6.45, 7) is 0. The number of carbonyl (C=O) groups excluding carboxylic acids is 2. The van der Waals surface area contributed by atoms with Crippen LogP contribution in [0.15, 0.2) is 57.6 Å². The second kappa shape index (κ2) is 5.74. The van der Waals surface area contributed by atoms with Crippen molar-refractivity contribution in [2.75, 3.05) is 0 Å². The Morgan fingerprint density at radius 2 is 2.30 bits per heavy atom. The topological polar surface area (TPSA) is 58.5 Å². The maximum Gasteiger partial charge on any atom is 0.251 e. The number of amides is 2. The largest absolute Gasteiger partial charge is 0.325 e. The van der Waals surface area contributed by atoms with Crippen molar-refractivity contribution < 1.29 is 9.59 Å². The van der Waals surface area contributed by atoms with Crippen LogP contribution in [0.3, 0.4) is 0 Å². The van der Waals surface area contributed by atoms with E-state index in [4.69, 9.17) is 0 Å². The lowest BCUT2D eigenvalue weighted by molar-refractivity contribution is -0.118. The van der Waals surface area contributed by atoms with Gasteiger partial charge in [0.2, 0.25) is 0 Å². The molecule has 116 valence electrons. The molecule has 1 N–H and O–H groups in total. The van der Waals surface area contributed by atoms with Gasteiger partial charge in [-0.2, -0.15) is 0 Å². The lowest BCUT2D eigenvalue weighted by atomic mass is 9.85. The zero-order valence-corrected chi connectivity index (χ0v) is 13.4. The highest BCUT2D eigenvalue weighted by atomic mass is 32.1. The number of aliphatic imine (C=N–C) groups is 1. The Kier molecular flexibility index (Phi) is 3.58. The smallest absolute Gasteiger partial charge is 0.251 e. The average Bonchev–Trinajstić information content (AvgIpc) is 3.18. The quantitative estimate of drug-likeness (QED) is 0.909. The van der Waals surface area contributed by atoms with Crippen molar-refractivity contribution in [1.82, 2.24) is 5.32 Å². The highest BCUT2D eigenvalue weighted by Gasteiger charge is 2.34. The van der Waals surface area contributed by atoms with E-state index in [9.17, 15) is 9.59 Å². The van der Waals surface area contributed by atoms with Crippen LogP contribution in [0, 0.1) is 5.92 Å². The minimum absolute atomic E-state index is 0.0135. The SMILES string of the molecule is O=C(Cc1cccs1)N=C1C=CC2C(=C1)NC(=O)C1=C2CCC1. The molecule has 3 aliphatic rings. The highest BCUT2D eigenvalue weighted by Crippen LogP contribution is 2.39. The van der Waals surface area contributed by atoms with Gasteiger partial charge < -0.3 is 5.32 Å². The summed E-state index contributed by atoms with van der Waals surface area (Å²) in [4.78, 5) is 29.4. The first-order valence-corrected chi connectivity index (χ1v) is 8.65. The monoisotopic (exact) mass is 324 g/mol. The van der Waals surface area contributed by atoms with Crippen molar-refractivity contribution in [3.05, 3.63) is 57.5 Å². The molecule has 2 aliphatic carbocycles. The zero-order chi connectivity index (χ0) is 15.8. The van der Waals surface area contributed by atoms with E-state index in [1.54, 1.807) is 11.3 Å². The normalized spacial score (nSPS) is 24.3. The number of allylic oxidation sites excluding steroid dienone is 3. The van der Waals surface area contributed by atoms with Crippen molar-refractivity contribution in [3.63, 3.8) is 0 Å². The number of fused-ring (bicyclic) bond motifs is 2. The molecule has 0 spiro atoms. The number of hydrogen-bond donors (Lipinski definition) is 1. The van der Waals surface area contributed by atoms with Gasteiger partial charge in [-0.1, -0.05) is 12.1 Å². The molecule has 23 heavy (non-hydrogen) atoms. The fourth-order valence-corrected chi connectivity index (χ4v) is 4.10. The molecule has 1 aromatic rings. The molecule has 1 aliphatic heterocycles. The Bertz CT molecular complexity index is 797. The molecule has 0 saturated carbocycles. The van der Waals surface area contributed by atoms with Crippen LogP contribution in [0.25, 0.3) is 0 Å². The van der Waals surface area contributed by atoms with E-state index in [0.717, 1.165) is 35.4 Å². The fourth-order valence-electron chi connectivity index (χ4n) is 3.40. The van der Waals surface area contributed by atoms with Crippen LogP contribution in [-0.2, 0) is 16.0 Å². The molecule has 4 nitrogen and oxygen atoms in total. The summed E-state index contributed by atoms with van der Waals surface area (Å²) in [5, 5.41) is 4.91. The Morgan fingerprint density at radius 3 is 3.13 bits per heavy atom. The summed E-state index contributed by atoms with van der Waals surface area (Å²) in [6, 6.07) is 3.86. The van der Waals surface area contributed by atoms with E-state index in [1.807, 2.05) is 35.7 Å². The first-order chi connectivity index (χ1) is 11.2. The van der Waals surface area contributed by atoms with Crippen molar-refractivity contribution in [3.8, 4) is 0 Å². The molecule has 0 saturated heterocycles. The number of thiophene rings is 1. The number of hydrogen-bond acceptors (Lipinski definition) is 3. The number of nitrogens with one attached hydrogen (secondary N) is 1. The minimum Gasteiger partial charge on any atom is -0.325 e. The maximum atomic E-state index is 12.1. The molecule has 0 radical (unpaired) electrons. The molecular formula is C18H16N2O2S. The molecule has 0 bridgehead atoms. The molecule has 5 heteroatoms. The molecule has 1 atom stereocenters. The first kappa shape index (κ1) is 14.3. The van der Waals surface area contributed by atoms with Gasteiger partial charge in [0.05, 0.1) is 12.1 Å². The molecule has 2 amide bonds. The predicted molar refractivity (Wildman–Crippen MR) is 90.2 cm³/mol. The molecular weight excluding hydrogens is 308 g/mol. The van der Waals surface area contributed by atoms with Crippen LogP contribution >= 0.6 is 11.3 Å². The lowest BCUT2D eigenvalue weighted by Gasteiger charge is -2.28. The van der Waals surface area contributed by atoms with Gasteiger partial charge in [0.25, 0.3) is 11.8 Å². The third kappa shape index (κ3) is 2.72. The van der Waals surface area contributed by atoms with Crippen molar-refractivity contribution >= 4 is 28.9 Å². The number of carbonyl (C=O) groups is 2. The lowest BCUT2D eigenvalue weighted by Crippen LogP contribution is -2.35. The molecule has 1 aromatic heterocycles. The van der Waals surface area contributed by atoms with Crippen molar-refractivity contribution in [1.29, 1.82) is 0 Å². The second-order valence-corrected chi connectivity index (χ2v) is 6.97. The van der Waals surface area contributed by atoms with E-state index < -0.39 is 0 Å². The third-order valence-electron chi connectivity index (χ3n) is 4.43. The van der Waals surface area contributed by atoms with Gasteiger partial charge in [-0.15, -0.1) is 11.3 Å². The summed E-state index contributed by atoms with van der Waals surface area (Å²) >= 11 is 1.56. The van der Waals surface area contributed by atoms with Gasteiger partial charge in [0.1, 0.15) is 0 Å². The van der Waals surface area contributed by atoms with Crippen LogP contribution in [0.4, 0.5) is 0 Å². The average molecular weight is 324 g/mol. The van der Waals surface area contributed by atoms with E-state index in [1.165, 1.54) is 5.57 Å². The summed E-state index contributed by atoms with van der Waals surface area (Å²) in [6.07, 6.45) is 9.00. The predicted octanol–water partition coefficient (Wildman–Crippen LogP) is 2.94. The van der Waals surface area contributed by atoms with E-state index >= 15 is 0 Å². The molecule has 2 heterocycles. The van der Waals surface area contributed by atoms with Gasteiger partial charge in [0.15, 0.2) is 0 Å². The minimum atomic E-state index is -0.162. The van der Waals surface area contributed by atoms with Crippen LogP contribution in [0.5, 0.6) is 0 Å². The van der Waals surface area contributed by atoms with E-state index in [2.05, 4.69) is 10.3 Å². The number of rotatable bonds is 2. The Labute approximate surface area is 138 Å². The van der Waals surface area contributed by atoms with Crippen LogP contribution in [-0.4, -0.2) is 17.5 Å². The summed E-state index contributed by atoms with van der Waals surface area (Å²) in [5.74, 6) is 0.00131. The maximum absolute atomic E-state index is 12.1. The van der Waals surface area contributed by atoms with E-state index in [-0.39, 0.29) is 17.7 Å². The molecule has 0 fully saturated rings. The fraction of sp³-hybridized carbons (Fsp3) is 0.278. The van der Waals surface area contributed by atoms with Gasteiger partial charge in [0, 0.05) is 22.1 Å². The summed E-state index contributed by atoms with van der Waals surface area (Å²) < 4.78 is 0. The highest BCUT2D eigenvalue weighted by molar-refractivity contribution is 7.10. The van der Waals surface area contributed by atoms with E-state index in [0.29, 0.717) is 12.1 Å². The second-order valence-electron chi connectivity index (χ2n) is 5.93. The number of nitrogens with zero attached hydrogens (tertiary/aromatic N) is 1. The van der Waals surface area contributed by atoms with Gasteiger partial charge in [-0.3, -0.25) is 9.59 Å². The van der Waals surface area contributed by atoms with Crippen LogP contribution in [0.2, 0.25) is 0 Å². The summed E-state index contributed by atoms with van der Waals surface area (Å²) in [5.41, 5.74) is 3.65. The first-order valence-electron chi connectivity index (χ1n) is 7.77. The van der Waals surface area contributed by atoms with Crippen molar-refractivity contribution in [2.24, 2.45) is 10.9 Å². The van der Waals surface area contributed by atoms with Crippen LogP contribution < -0.4 is 5.32 Å². The Hall–Kier alpha value is -2.27. The van der Waals surface area contributed by atoms with Gasteiger partial charge >= 0.3 is 0 Å². The molecule has 1 unspecified atom stereocenters. The standard InChI is InChI=1S/C18H16N2O2S/c21-17(10-12-3-2-8-23-12)19-11-6-7-14-13-4-1-5-15(13)18(22)20-16(14)9-11/h2-3,6-9,14H,1,4-5,10H2,(H,20,22). The molecule has 0 aromatic carbocycles. The third-order valence-corrected chi connectivity index (χ3v) is 5.30. The van der Waals surface area contributed by atoms with Gasteiger partial charge in [-0.05, 0) is 48.4 Å². The van der Waals surface area contributed by atoms with Crippen LogP contribution in [0.1, 0.15) is 24.1 Å². The summed E-state index contributed by atoms with van der Waals surface area (Å²) in [7, 11) is 0.